The number of carbonyl (C=O) groups is 3. The molecule has 42 heteroatoms. The van der Waals surface area contributed by atoms with Gasteiger partial charge in [0.05, 0.1) is 64.1 Å². The predicted octanol–water partition coefficient (Wildman–Crippen LogP) is 13.1. The molecule has 3 aromatic carbocycles. The van der Waals surface area contributed by atoms with E-state index in [9.17, 15) is 73.1 Å². The summed E-state index contributed by atoms with van der Waals surface area (Å²) in [7, 11) is -13.6. The molecule has 18 atom stereocenters. The molecule has 0 spiro atoms. The molecule has 660 valence electrons. The van der Waals surface area contributed by atoms with Crippen molar-refractivity contribution in [3.8, 4) is 17.2 Å². The Kier molecular flexibility index (Phi) is 30.7. The number of hydrogen-bond donors (Lipinski definition) is 9. The number of aromatic nitrogens is 6. The minimum absolute atomic E-state index is 0.0312. The molecule has 33 nitrogen and oxygen atoms in total. The Labute approximate surface area is 730 Å². The van der Waals surface area contributed by atoms with Crippen molar-refractivity contribution in [1.29, 1.82) is 0 Å². The van der Waals surface area contributed by atoms with E-state index in [2.05, 4.69) is 15.0 Å². The first-order valence-electron chi connectivity index (χ1n) is 41.8. The Bertz CT molecular complexity index is 4810. The number of aliphatic hydroxyl groups excluding tert-OH is 3. The van der Waals surface area contributed by atoms with Crippen LogP contribution in [-0.2, 0) is 70.1 Å². The van der Waals surface area contributed by atoms with Crippen LogP contribution in [0, 0.1) is 32.1 Å². The zero-order valence-electron chi connectivity index (χ0n) is 72.1. The number of nitrogens with zero attached hydrogens (tertiary/aromatic N) is 3. The highest BCUT2D eigenvalue weighted by molar-refractivity contribution is 7.71. The normalized spacial score (nSPS) is 28.7. The van der Waals surface area contributed by atoms with Crippen molar-refractivity contribution >= 4 is 112 Å². The molecule has 9 N–H and O–H groups in total. The molecule has 3 saturated carbocycles. The quantitative estimate of drug-likeness (QED) is 0.00875. The van der Waals surface area contributed by atoms with Gasteiger partial charge in [0.1, 0.15) is 89.0 Å². The number of ether oxygens (including phenoxy) is 6. The second kappa shape index (κ2) is 42.2. The fraction of sp³-hybridized carbons (Fsp3) is 0.577. The molecule has 4 unspecified atom stereocenters. The van der Waals surface area contributed by atoms with Crippen LogP contribution in [0.5, 0.6) is 17.2 Å². The van der Waals surface area contributed by atoms with Gasteiger partial charge in [0.15, 0.2) is 33.0 Å². The first-order chi connectivity index (χ1) is 58.8. The zero-order chi connectivity index (χ0) is 92.6. The Hall–Kier alpha value is -6.15. The molecule has 12 rings (SSSR count). The van der Waals surface area contributed by atoms with Gasteiger partial charge in [-0.15, -0.1) is 0 Å². The lowest BCUT2D eigenvalue weighted by molar-refractivity contribution is -0.155. The van der Waals surface area contributed by atoms with Gasteiger partial charge >= 0.3 is 40.7 Å². The van der Waals surface area contributed by atoms with Crippen LogP contribution >= 0.6 is 94.2 Å². The van der Waals surface area contributed by atoms with Gasteiger partial charge in [0, 0.05) is 51.9 Å². The maximum Gasteiger partial charge on any atom is 0.380 e. The van der Waals surface area contributed by atoms with E-state index in [4.69, 9.17) is 135 Å². The van der Waals surface area contributed by atoms with Crippen LogP contribution in [-0.4, -0.2) is 187 Å². The molecule has 6 aromatic rings. The van der Waals surface area contributed by atoms with Gasteiger partial charge in [0.2, 0.25) is 0 Å². The van der Waals surface area contributed by atoms with Crippen LogP contribution < -0.4 is 30.2 Å². The first-order valence-corrected chi connectivity index (χ1v) is 46.4. The van der Waals surface area contributed by atoms with Crippen LogP contribution in [0.2, 0.25) is 15.1 Å². The summed E-state index contributed by atoms with van der Waals surface area (Å²) in [4.78, 5) is 80.7. The summed E-state index contributed by atoms with van der Waals surface area (Å²) in [6.45, 7) is -1.09. The highest BCUT2D eigenvalue weighted by Crippen LogP contribution is 2.55. The fourth-order valence-electron chi connectivity index (χ4n) is 13.8. The molecule has 0 bridgehead atoms. The average Bonchev–Trinajstić information content (AvgIpc) is 1.60. The number of esters is 3. The van der Waals surface area contributed by atoms with Crippen molar-refractivity contribution in [3.05, 3.63) is 170 Å². The van der Waals surface area contributed by atoms with E-state index >= 15 is 0 Å². The Morgan fingerprint density at radius 1 is 0.442 bits per heavy atom. The van der Waals surface area contributed by atoms with E-state index in [1.165, 1.54) is 133 Å². The number of aliphatic hydroxyl groups is 6. The van der Waals surface area contributed by atoms with Crippen molar-refractivity contribution in [3.63, 3.8) is 0 Å². The van der Waals surface area contributed by atoms with Crippen LogP contribution in [0.4, 0.5) is 0 Å². The Morgan fingerprint density at radius 2 is 0.667 bits per heavy atom. The zero-order valence-corrected chi connectivity index (χ0v) is 73.5. The number of halogens is 3. The number of rotatable bonds is 30. The van der Waals surface area contributed by atoms with Crippen LogP contribution in [0.15, 0.2) is 124 Å². The molecule has 3 aromatic heterocycles. The second-order valence-electron chi connectivity index (χ2n) is 30.7. The summed E-state index contributed by atoms with van der Waals surface area (Å²) in [5.41, 5.74) is -7.93. The van der Waals surface area contributed by atoms with Gasteiger partial charge in [-0.25, -0.2) is 13.7 Å². The van der Waals surface area contributed by atoms with Crippen LogP contribution in [0.25, 0.3) is 0 Å². The third kappa shape index (κ3) is 25.8. The highest BCUT2D eigenvalue weighted by Gasteiger charge is 2.57. The molecular formula is C78H102Cl3N6O27P3S3. The molecule has 3 aliphatic carbocycles. The molecule has 3 saturated heterocycles. The first kappa shape index (κ1) is 87.3. The maximum atomic E-state index is 14.2. The van der Waals surface area contributed by atoms with Gasteiger partial charge in [-0.2, -0.15) is 0 Å². The maximum absolute atomic E-state index is 14.2. The van der Waals surface area contributed by atoms with Crippen LogP contribution in [0.3, 0.4) is 0 Å². The lowest BCUT2D eigenvalue weighted by Crippen LogP contribution is -2.44. The van der Waals surface area contributed by atoms with Crippen molar-refractivity contribution in [2.75, 3.05) is 38.2 Å². The molecule has 120 heavy (non-hydrogen) atoms. The van der Waals surface area contributed by atoms with Crippen molar-refractivity contribution in [2.45, 2.75) is 228 Å². The summed E-state index contributed by atoms with van der Waals surface area (Å²) in [6.07, 6.45) is -1.40. The van der Waals surface area contributed by atoms with E-state index < -0.39 is 185 Å². The smallest absolute Gasteiger partial charge is 0.380 e. The summed E-state index contributed by atoms with van der Waals surface area (Å²) >= 11 is 33.3. The minimum atomic E-state index is -4.54. The summed E-state index contributed by atoms with van der Waals surface area (Å²) in [5, 5.41) is 67.3. The van der Waals surface area contributed by atoms with E-state index in [1.807, 2.05) is 0 Å². The fourth-order valence-corrected chi connectivity index (χ4v) is 20.1. The molecule has 0 amide bonds. The minimum Gasteiger partial charge on any atom is -0.462 e. The van der Waals surface area contributed by atoms with Gasteiger partial charge in [-0.1, -0.05) is 74.8 Å². The number of carbonyl (C=O) groups excluding carboxylic acids is 3. The molecular weight excluding hydrogens is 1750 g/mol. The standard InChI is InChI=1S/3C26H34ClN2O9PS/c3*1-16(23(32)36-18-6-4-3-5-7-18)15-39(34,38-19-10-8-17(27)9-11-19)35-14-20-22(31)26(2,33)24(37-20)29-13-12-21(30)28-25(29)40/h3*8-13,16,18,20,22,24,31,33H,3-7,14-15H2,1-2H3,(H,28,30,40)/t16-,20-,22+,24-,26?,39?;16-,20-,22+,24-,26?,39+;16-,20-,22+,24-,26?,39-/m111/s1/i3*14D2. The van der Waals surface area contributed by atoms with E-state index in [0.29, 0.717) is 15.1 Å². The molecule has 0 radical (unpaired) electrons. The van der Waals surface area contributed by atoms with Gasteiger partial charge in [-0.3, -0.25) is 71.0 Å². The van der Waals surface area contributed by atoms with E-state index in [1.54, 1.807) is 0 Å². The summed E-state index contributed by atoms with van der Waals surface area (Å²) in [5.74, 6) is -4.81. The topological polar surface area (TPSA) is 448 Å². The van der Waals surface area contributed by atoms with Gasteiger partial charge < -0.3 is 72.6 Å². The van der Waals surface area contributed by atoms with Gasteiger partial charge in [0.25, 0.3) is 16.7 Å². The number of H-pyrrole nitrogens is 3. The predicted molar refractivity (Wildman–Crippen MR) is 447 cm³/mol. The Morgan fingerprint density at radius 3 is 0.883 bits per heavy atom. The largest absolute Gasteiger partial charge is 0.462 e. The Balaban J connectivity index is 0.000000197. The molecule has 3 aliphatic heterocycles. The SMILES string of the molecule is [2H]C([2H])(OP(=O)(C[C@@H](C)C(=O)OC1CCCCC1)Oc1ccc(Cl)cc1)[C@H]1O[C@@H](n2ccc(=O)[nH]c2=S)C(C)(O)[C@H]1O.[2H]C([2H])(O[P@@](=O)(C[C@@H](C)C(=O)OC1CCCCC1)Oc1ccc(Cl)cc1)[C@H]1O[C@@H](n2ccc(=O)[nH]c2=S)C(C)(O)[C@H]1O.[2H]C([2H])(O[P@](=O)(C[C@@H](C)C(=O)OC1CCCCC1)Oc1ccc(Cl)cc1)[C@H]1O[C@@H](n2ccc(=O)[nH]c2=S)C(C)(O)[C@H]1O. The van der Waals surface area contributed by atoms with Crippen molar-refractivity contribution < 1.29 is 123 Å². The number of aromatic amines is 3. The number of hydrogen-bond acceptors (Lipinski definition) is 30. The average molecular weight is 1860 g/mol. The third-order valence-electron chi connectivity index (χ3n) is 20.6. The van der Waals surface area contributed by atoms with E-state index in [-0.39, 0.29) is 49.9 Å². The molecule has 6 aliphatic rings. The monoisotopic (exact) mass is 1850 g/mol. The van der Waals surface area contributed by atoms with E-state index in [0.717, 1.165) is 128 Å². The number of benzene rings is 3. The van der Waals surface area contributed by atoms with Crippen molar-refractivity contribution in [1.82, 2.24) is 28.7 Å². The summed E-state index contributed by atoms with van der Waals surface area (Å²) in [6, 6.07) is 20.6. The second-order valence-corrected chi connectivity index (χ2v) is 39.1. The number of nitrogens with one attached hydrogen (secondary N) is 3. The lowest BCUT2D eigenvalue weighted by Gasteiger charge is -2.28. The highest BCUT2D eigenvalue weighted by atomic mass is 35.5. The molecule has 6 fully saturated rings. The lowest BCUT2D eigenvalue weighted by atomic mass is 9.96. The van der Waals surface area contributed by atoms with Gasteiger partial charge in [-0.05, 0) is 207 Å². The molecule has 6 heterocycles. The summed E-state index contributed by atoms with van der Waals surface area (Å²) < 4.78 is 165. The van der Waals surface area contributed by atoms with Crippen molar-refractivity contribution in [2.24, 2.45) is 17.8 Å². The van der Waals surface area contributed by atoms with Crippen LogP contribution in [0.1, 0.15) is 165 Å². The third-order valence-corrected chi connectivity index (χ3v) is 27.9.